The molecule has 0 saturated heterocycles. The van der Waals surface area contributed by atoms with Crippen molar-refractivity contribution in [2.24, 2.45) is 0 Å². The minimum Gasteiger partial charge on any atom is -0.224 e. The summed E-state index contributed by atoms with van der Waals surface area (Å²) in [7, 11) is 0. The van der Waals surface area contributed by atoms with Crippen molar-refractivity contribution >= 4 is 22.9 Å². The maximum Gasteiger partial charge on any atom is 0.140 e. The van der Waals surface area contributed by atoms with Gasteiger partial charge in [0.25, 0.3) is 0 Å². The number of halogens is 3. The van der Waals surface area contributed by atoms with E-state index in [9.17, 15) is 8.78 Å². The Balaban J connectivity index is 2.55. The van der Waals surface area contributed by atoms with Crippen LogP contribution in [0.15, 0.2) is 23.6 Å². The average molecular weight is 232 g/mol. The molecule has 0 saturated carbocycles. The molecule has 0 aliphatic carbocycles. The van der Waals surface area contributed by atoms with Crippen molar-refractivity contribution in [2.75, 3.05) is 0 Å². The van der Waals surface area contributed by atoms with Gasteiger partial charge in [-0.1, -0.05) is 11.6 Å². The Hall–Kier alpha value is -1.000. The average Bonchev–Trinajstić information content (AvgIpc) is 2.56. The molecule has 2 aromatic rings. The summed E-state index contributed by atoms with van der Waals surface area (Å²) in [6, 6.07) is 3.23. The summed E-state index contributed by atoms with van der Waals surface area (Å²) in [6.07, 6.45) is 0. The molecular formula is C9H4ClF2NS. The van der Waals surface area contributed by atoms with E-state index in [1.165, 1.54) is 11.3 Å². The summed E-state index contributed by atoms with van der Waals surface area (Å²) in [5, 5.41) is 2.24. The van der Waals surface area contributed by atoms with Crippen LogP contribution in [0.4, 0.5) is 8.78 Å². The first-order valence-electron chi connectivity index (χ1n) is 3.73. The van der Waals surface area contributed by atoms with Crippen molar-refractivity contribution < 1.29 is 8.78 Å². The third-order valence-electron chi connectivity index (χ3n) is 1.63. The second-order valence-corrected chi connectivity index (χ2v) is 3.84. The van der Waals surface area contributed by atoms with Gasteiger partial charge in [0.05, 0.1) is 0 Å². The molecule has 72 valence electrons. The van der Waals surface area contributed by atoms with Gasteiger partial charge in [-0.25, -0.2) is 13.8 Å². The Morgan fingerprint density at radius 3 is 2.71 bits per heavy atom. The molecule has 0 aliphatic heterocycles. The molecular weight excluding hydrogens is 228 g/mol. The van der Waals surface area contributed by atoms with Gasteiger partial charge in [-0.15, -0.1) is 11.3 Å². The van der Waals surface area contributed by atoms with Crippen LogP contribution in [0.5, 0.6) is 0 Å². The molecule has 0 amide bonds. The standard InChI is InChI=1S/C9H4ClF2NS/c10-8-4-14-9(13-8)6-3-5(11)1-2-7(6)12/h1-4H. The maximum absolute atomic E-state index is 13.2. The monoisotopic (exact) mass is 231 g/mol. The SMILES string of the molecule is Fc1ccc(F)c(-c2nc(Cl)cs2)c1. The lowest BCUT2D eigenvalue weighted by Crippen LogP contribution is -1.85. The van der Waals surface area contributed by atoms with E-state index in [4.69, 9.17) is 11.6 Å². The van der Waals surface area contributed by atoms with Gasteiger partial charge in [0.1, 0.15) is 21.8 Å². The van der Waals surface area contributed by atoms with Crippen LogP contribution in [0.2, 0.25) is 5.15 Å². The topological polar surface area (TPSA) is 12.9 Å². The number of nitrogens with zero attached hydrogens (tertiary/aromatic N) is 1. The second kappa shape index (κ2) is 3.63. The fraction of sp³-hybridized carbons (Fsp3) is 0. The van der Waals surface area contributed by atoms with Gasteiger partial charge >= 0.3 is 0 Å². The van der Waals surface area contributed by atoms with Crippen molar-refractivity contribution in [1.82, 2.24) is 4.98 Å². The van der Waals surface area contributed by atoms with Gasteiger partial charge in [-0.05, 0) is 18.2 Å². The van der Waals surface area contributed by atoms with Crippen LogP contribution in [-0.2, 0) is 0 Å². The normalized spacial score (nSPS) is 10.5. The minimum atomic E-state index is -0.502. The Morgan fingerprint density at radius 1 is 1.29 bits per heavy atom. The van der Waals surface area contributed by atoms with Crippen LogP contribution >= 0.6 is 22.9 Å². The van der Waals surface area contributed by atoms with Gasteiger partial charge in [0.2, 0.25) is 0 Å². The van der Waals surface area contributed by atoms with E-state index in [0.29, 0.717) is 5.01 Å². The van der Waals surface area contributed by atoms with Crippen LogP contribution in [-0.4, -0.2) is 4.98 Å². The van der Waals surface area contributed by atoms with Crippen molar-refractivity contribution in [2.45, 2.75) is 0 Å². The van der Waals surface area contributed by atoms with Crippen LogP contribution in [0.1, 0.15) is 0 Å². The molecule has 1 aromatic heterocycles. The Bertz CT molecular complexity index is 470. The van der Waals surface area contributed by atoms with Crippen LogP contribution < -0.4 is 0 Å². The first-order valence-corrected chi connectivity index (χ1v) is 4.99. The summed E-state index contributed by atoms with van der Waals surface area (Å²) >= 11 is 6.76. The molecule has 0 fully saturated rings. The van der Waals surface area contributed by atoms with Gasteiger partial charge < -0.3 is 0 Å². The van der Waals surface area contributed by atoms with Crippen molar-refractivity contribution in [3.8, 4) is 10.6 Å². The Morgan fingerprint density at radius 2 is 2.07 bits per heavy atom. The number of hydrogen-bond acceptors (Lipinski definition) is 2. The number of rotatable bonds is 1. The Kier molecular flexibility index (Phi) is 2.48. The highest BCUT2D eigenvalue weighted by Crippen LogP contribution is 2.28. The molecule has 0 aliphatic rings. The fourth-order valence-corrected chi connectivity index (χ4v) is 2.00. The molecule has 1 heterocycles. The van der Waals surface area contributed by atoms with Gasteiger partial charge in [0.15, 0.2) is 0 Å². The molecule has 0 spiro atoms. The minimum absolute atomic E-state index is 0.141. The zero-order valence-corrected chi connectivity index (χ0v) is 8.37. The van der Waals surface area contributed by atoms with Crippen LogP contribution in [0, 0.1) is 11.6 Å². The molecule has 0 N–H and O–H groups in total. The van der Waals surface area contributed by atoms with E-state index in [2.05, 4.69) is 4.98 Å². The largest absolute Gasteiger partial charge is 0.224 e. The molecule has 5 heteroatoms. The number of aromatic nitrogens is 1. The molecule has 1 aromatic carbocycles. The maximum atomic E-state index is 13.2. The molecule has 0 unspecified atom stereocenters. The number of thiazole rings is 1. The highest BCUT2D eigenvalue weighted by molar-refractivity contribution is 7.13. The van der Waals surface area contributed by atoms with E-state index in [1.807, 2.05) is 0 Å². The van der Waals surface area contributed by atoms with Gasteiger partial charge in [-0.3, -0.25) is 0 Å². The summed E-state index contributed by atoms with van der Waals surface area (Å²) in [5.74, 6) is -0.995. The summed E-state index contributed by atoms with van der Waals surface area (Å²) in [4.78, 5) is 3.86. The summed E-state index contributed by atoms with van der Waals surface area (Å²) in [5.41, 5.74) is 0.141. The highest BCUT2D eigenvalue weighted by atomic mass is 35.5. The number of benzene rings is 1. The van der Waals surface area contributed by atoms with Crippen molar-refractivity contribution in [3.63, 3.8) is 0 Å². The predicted octanol–water partition coefficient (Wildman–Crippen LogP) is 3.74. The van der Waals surface area contributed by atoms with Crippen molar-refractivity contribution in [3.05, 3.63) is 40.4 Å². The first kappa shape index (κ1) is 9.55. The van der Waals surface area contributed by atoms with E-state index in [0.717, 1.165) is 18.2 Å². The molecule has 2 rings (SSSR count). The highest BCUT2D eigenvalue weighted by Gasteiger charge is 2.09. The van der Waals surface area contributed by atoms with Crippen molar-refractivity contribution in [1.29, 1.82) is 0 Å². The zero-order valence-electron chi connectivity index (χ0n) is 6.80. The fourth-order valence-electron chi connectivity index (χ4n) is 1.04. The lowest BCUT2D eigenvalue weighted by Gasteiger charge is -1.97. The lowest BCUT2D eigenvalue weighted by atomic mass is 10.2. The first-order chi connectivity index (χ1) is 6.66. The van der Waals surface area contributed by atoms with Gasteiger partial charge in [0, 0.05) is 10.9 Å². The molecule has 0 bridgehead atoms. The summed E-state index contributed by atoms with van der Waals surface area (Å²) in [6.45, 7) is 0. The van der Waals surface area contributed by atoms with Crippen LogP contribution in [0.3, 0.4) is 0 Å². The lowest BCUT2D eigenvalue weighted by molar-refractivity contribution is 0.603. The predicted molar refractivity (Wildman–Crippen MR) is 52.5 cm³/mol. The van der Waals surface area contributed by atoms with Gasteiger partial charge in [-0.2, -0.15) is 0 Å². The molecule has 14 heavy (non-hydrogen) atoms. The quantitative estimate of drug-likeness (QED) is 0.729. The molecule has 0 atom stereocenters. The zero-order chi connectivity index (χ0) is 10.1. The molecule has 0 radical (unpaired) electrons. The number of hydrogen-bond donors (Lipinski definition) is 0. The smallest absolute Gasteiger partial charge is 0.140 e. The Labute approximate surface area is 88.0 Å². The third-order valence-corrected chi connectivity index (χ3v) is 2.83. The van der Waals surface area contributed by atoms with E-state index < -0.39 is 11.6 Å². The third kappa shape index (κ3) is 1.76. The van der Waals surface area contributed by atoms with E-state index in [1.54, 1.807) is 5.38 Å². The second-order valence-electron chi connectivity index (χ2n) is 2.60. The van der Waals surface area contributed by atoms with E-state index >= 15 is 0 Å². The molecule has 1 nitrogen and oxygen atoms in total. The summed E-state index contributed by atoms with van der Waals surface area (Å²) < 4.78 is 26.0. The van der Waals surface area contributed by atoms with E-state index in [-0.39, 0.29) is 10.7 Å². The van der Waals surface area contributed by atoms with Crippen LogP contribution in [0.25, 0.3) is 10.6 Å².